The first kappa shape index (κ1) is 23.2. The van der Waals surface area contributed by atoms with Gasteiger partial charge in [-0.15, -0.1) is 0 Å². The number of hydrogen-bond donors (Lipinski definition) is 2. The van der Waals surface area contributed by atoms with Crippen LogP contribution >= 0.6 is 34.5 Å². The quantitative estimate of drug-likeness (QED) is 0.186. The van der Waals surface area contributed by atoms with E-state index in [0.717, 1.165) is 22.3 Å². The summed E-state index contributed by atoms with van der Waals surface area (Å²) in [6, 6.07) is 10.4. The third-order valence-corrected chi connectivity index (χ3v) is 7.19. The second-order valence-corrected chi connectivity index (χ2v) is 9.44. The van der Waals surface area contributed by atoms with Crippen molar-refractivity contribution in [3.63, 3.8) is 0 Å². The fourth-order valence-electron chi connectivity index (χ4n) is 3.85. The van der Waals surface area contributed by atoms with Crippen LogP contribution in [0.15, 0.2) is 60.2 Å². The number of anilines is 1. The molecule has 1 aliphatic rings. The zero-order chi connectivity index (χ0) is 25.0. The van der Waals surface area contributed by atoms with Crippen LogP contribution in [0.4, 0.5) is 13.9 Å². The Labute approximate surface area is 210 Å². The molecule has 4 aromatic rings. The fraction of sp³-hybridized carbons (Fsp3) is 0.0417. The van der Waals surface area contributed by atoms with Gasteiger partial charge in [0.1, 0.15) is 22.8 Å². The maximum Gasteiger partial charge on any atom is 0.301 e. The molecule has 2 heterocycles. The number of thiazole rings is 1. The van der Waals surface area contributed by atoms with E-state index in [9.17, 15) is 28.6 Å². The number of carbonyl (C=O) groups is 2. The van der Waals surface area contributed by atoms with E-state index in [2.05, 4.69) is 4.98 Å². The van der Waals surface area contributed by atoms with Crippen LogP contribution in [0.5, 0.6) is 5.75 Å². The number of aromatic hydroxyl groups is 1. The number of aliphatic hydroxyl groups is 1. The Morgan fingerprint density at radius 1 is 1.00 bits per heavy atom. The molecule has 2 N–H and O–H groups in total. The van der Waals surface area contributed by atoms with Gasteiger partial charge in [0.25, 0.3) is 5.78 Å². The third-order valence-electron chi connectivity index (χ3n) is 5.45. The third kappa shape index (κ3) is 3.91. The Morgan fingerprint density at radius 2 is 1.71 bits per heavy atom. The first-order chi connectivity index (χ1) is 16.7. The van der Waals surface area contributed by atoms with Gasteiger partial charge in [-0.3, -0.25) is 14.5 Å². The lowest BCUT2D eigenvalue weighted by Crippen LogP contribution is -2.29. The second-order valence-electron chi connectivity index (χ2n) is 7.62. The molecule has 1 fully saturated rings. The van der Waals surface area contributed by atoms with Crippen molar-refractivity contribution < 1.29 is 28.6 Å². The van der Waals surface area contributed by atoms with Gasteiger partial charge >= 0.3 is 5.91 Å². The summed E-state index contributed by atoms with van der Waals surface area (Å²) in [5, 5.41) is 21.1. The maximum absolute atomic E-state index is 14.3. The van der Waals surface area contributed by atoms with Crippen LogP contribution in [-0.2, 0) is 9.59 Å². The largest absolute Gasteiger partial charge is 0.508 e. The molecule has 0 spiro atoms. The Kier molecular flexibility index (Phi) is 5.71. The molecule has 1 unspecified atom stereocenters. The van der Waals surface area contributed by atoms with E-state index in [4.69, 9.17) is 23.2 Å². The molecule has 0 radical (unpaired) electrons. The number of hydrogen-bond acceptors (Lipinski definition) is 6. The highest BCUT2D eigenvalue weighted by atomic mass is 35.5. The van der Waals surface area contributed by atoms with Gasteiger partial charge in [-0.05, 0) is 42.0 Å². The van der Waals surface area contributed by atoms with Gasteiger partial charge in [-0.2, -0.15) is 0 Å². The zero-order valence-corrected chi connectivity index (χ0v) is 19.6. The summed E-state index contributed by atoms with van der Waals surface area (Å²) < 4.78 is 28.2. The van der Waals surface area contributed by atoms with Crippen LogP contribution in [0.2, 0.25) is 10.0 Å². The normalized spacial score (nSPS) is 17.5. The molecule has 1 aliphatic heterocycles. The smallest absolute Gasteiger partial charge is 0.301 e. The minimum absolute atomic E-state index is 0.0623. The lowest BCUT2D eigenvalue weighted by atomic mass is 9.95. The molecule has 5 rings (SSSR count). The number of fused-ring (bicyclic) bond motifs is 1. The Balaban J connectivity index is 1.75. The van der Waals surface area contributed by atoms with Crippen LogP contribution in [0.25, 0.3) is 16.0 Å². The van der Waals surface area contributed by atoms with Crippen LogP contribution in [0, 0.1) is 11.6 Å². The van der Waals surface area contributed by atoms with Gasteiger partial charge in [-0.25, -0.2) is 13.8 Å². The van der Waals surface area contributed by atoms with E-state index in [1.807, 2.05) is 0 Å². The monoisotopic (exact) mass is 532 g/mol. The number of Topliss-reactive ketones (excluding diaryl/α,β-unsaturated/α-hetero) is 1. The number of phenolic OH excluding ortho intramolecular Hbond substituents is 1. The molecule has 3 aromatic carbocycles. The predicted octanol–water partition coefficient (Wildman–Crippen LogP) is 6.21. The van der Waals surface area contributed by atoms with Gasteiger partial charge in [0.15, 0.2) is 10.9 Å². The lowest BCUT2D eigenvalue weighted by Gasteiger charge is -2.23. The number of ketones is 1. The van der Waals surface area contributed by atoms with Crippen molar-refractivity contribution in [3.05, 3.63) is 93.0 Å². The van der Waals surface area contributed by atoms with Crippen LogP contribution in [0.3, 0.4) is 0 Å². The fourth-order valence-corrected chi connectivity index (χ4v) is 5.18. The topological polar surface area (TPSA) is 90.7 Å². The van der Waals surface area contributed by atoms with Gasteiger partial charge in [0, 0.05) is 11.6 Å². The lowest BCUT2D eigenvalue weighted by molar-refractivity contribution is -0.132. The number of benzene rings is 3. The Hall–Kier alpha value is -3.53. The number of halogens is 4. The van der Waals surface area contributed by atoms with E-state index in [1.165, 1.54) is 42.5 Å². The molecular weight excluding hydrogens is 521 g/mol. The summed E-state index contributed by atoms with van der Waals surface area (Å²) in [6.07, 6.45) is 0. The summed E-state index contributed by atoms with van der Waals surface area (Å²) >= 11 is 12.8. The Morgan fingerprint density at radius 3 is 2.40 bits per heavy atom. The second kappa shape index (κ2) is 8.60. The number of aliphatic hydroxyl groups excluding tert-OH is 1. The molecule has 6 nitrogen and oxygen atoms in total. The molecule has 1 aromatic heterocycles. The molecule has 0 aliphatic carbocycles. The molecule has 0 bridgehead atoms. The Bertz CT molecular complexity index is 1570. The molecular formula is C24H12Cl2F2N2O4S. The highest BCUT2D eigenvalue weighted by Gasteiger charge is 2.48. The van der Waals surface area contributed by atoms with Gasteiger partial charge in [0.2, 0.25) is 0 Å². The van der Waals surface area contributed by atoms with E-state index < -0.39 is 35.1 Å². The number of phenols is 1. The molecule has 1 atom stereocenters. The zero-order valence-electron chi connectivity index (χ0n) is 17.3. The first-order valence-corrected chi connectivity index (χ1v) is 11.5. The maximum atomic E-state index is 14.3. The standard InChI is InChI=1S/C24H12Cl2F2N2O4S/c25-14-6-3-11(7-15(14)26)21(32)18-20(10-1-4-13(31)5-2-10)30(23(34)22(18)33)24-29-19-16(28)8-12(27)9-17(19)35-24/h1-9,20,31-32H/b21-18+. The summed E-state index contributed by atoms with van der Waals surface area (Å²) in [6.45, 7) is 0. The molecule has 11 heteroatoms. The predicted molar refractivity (Wildman–Crippen MR) is 129 cm³/mol. The van der Waals surface area contributed by atoms with Crippen molar-refractivity contribution in [1.82, 2.24) is 4.98 Å². The first-order valence-electron chi connectivity index (χ1n) is 9.96. The average molecular weight is 533 g/mol. The van der Waals surface area contributed by atoms with E-state index in [-0.39, 0.29) is 42.3 Å². The van der Waals surface area contributed by atoms with Gasteiger partial charge in [0.05, 0.1) is 26.4 Å². The molecule has 1 amide bonds. The number of rotatable bonds is 3. The number of nitrogens with zero attached hydrogens (tertiary/aromatic N) is 2. The van der Waals surface area contributed by atoms with Crippen molar-refractivity contribution in [2.75, 3.05) is 4.90 Å². The van der Waals surface area contributed by atoms with Crippen molar-refractivity contribution in [2.24, 2.45) is 0 Å². The molecule has 1 saturated heterocycles. The summed E-state index contributed by atoms with van der Waals surface area (Å²) in [7, 11) is 0. The van der Waals surface area contributed by atoms with Crippen LogP contribution < -0.4 is 4.90 Å². The number of aromatic nitrogens is 1. The highest BCUT2D eigenvalue weighted by Crippen LogP contribution is 2.45. The van der Waals surface area contributed by atoms with Crippen molar-refractivity contribution in [2.45, 2.75) is 6.04 Å². The average Bonchev–Trinajstić information content (AvgIpc) is 3.34. The van der Waals surface area contributed by atoms with Gasteiger partial charge in [-0.1, -0.05) is 46.7 Å². The summed E-state index contributed by atoms with van der Waals surface area (Å²) in [4.78, 5) is 31.5. The van der Waals surface area contributed by atoms with Crippen molar-refractivity contribution in [1.29, 1.82) is 0 Å². The number of carbonyl (C=O) groups excluding carboxylic acids is 2. The molecule has 176 valence electrons. The van der Waals surface area contributed by atoms with E-state index >= 15 is 0 Å². The van der Waals surface area contributed by atoms with Gasteiger partial charge < -0.3 is 10.2 Å². The van der Waals surface area contributed by atoms with E-state index in [1.54, 1.807) is 0 Å². The van der Waals surface area contributed by atoms with Crippen molar-refractivity contribution >= 4 is 67.3 Å². The van der Waals surface area contributed by atoms with Crippen molar-refractivity contribution in [3.8, 4) is 5.75 Å². The van der Waals surface area contributed by atoms with E-state index in [0.29, 0.717) is 11.6 Å². The minimum atomic E-state index is -1.18. The van der Waals surface area contributed by atoms with Crippen LogP contribution in [0.1, 0.15) is 17.2 Å². The molecule has 0 saturated carbocycles. The van der Waals surface area contributed by atoms with Crippen LogP contribution in [-0.4, -0.2) is 26.9 Å². The summed E-state index contributed by atoms with van der Waals surface area (Å²) in [5.74, 6) is -4.35. The SMILES string of the molecule is O=C1C(=O)N(c2nc3c(F)cc(F)cc3s2)C(c2ccc(O)cc2)/C1=C(\O)c1ccc(Cl)c(Cl)c1. The summed E-state index contributed by atoms with van der Waals surface area (Å²) in [5.41, 5.74) is 0.0559. The number of amides is 1. The highest BCUT2D eigenvalue weighted by molar-refractivity contribution is 7.22. The molecule has 35 heavy (non-hydrogen) atoms. The minimum Gasteiger partial charge on any atom is -0.508 e.